The van der Waals surface area contributed by atoms with E-state index in [1.54, 1.807) is 30.3 Å². The first-order chi connectivity index (χ1) is 13.4. The Bertz CT molecular complexity index is 969. The third-order valence-electron chi connectivity index (χ3n) is 4.49. The van der Waals surface area contributed by atoms with Gasteiger partial charge >= 0.3 is 0 Å². The maximum absolute atomic E-state index is 13.9. The van der Waals surface area contributed by atoms with Crippen LogP contribution in [0.4, 0.5) is 10.1 Å². The maximum Gasteiger partial charge on any atom is 0.267 e. The van der Waals surface area contributed by atoms with Crippen LogP contribution in [0.5, 0.6) is 0 Å². The van der Waals surface area contributed by atoms with E-state index >= 15 is 0 Å². The number of anilines is 1. The Morgan fingerprint density at radius 3 is 2.29 bits per heavy atom. The van der Waals surface area contributed by atoms with Crippen molar-refractivity contribution in [1.29, 1.82) is 0 Å². The predicted octanol–water partition coefficient (Wildman–Crippen LogP) is 1.86. The summed E-state index contributed by atoms with van der Waals surface area (Å²) in [4.78, 5) is 13.0. The molecule has 28 heavy (non-hydrogen) atoms. The molecule has 3 rings (SSSR count). The lowest BCUT2D eigenvalue weighted by Crippen LogP contribution is -2.48. The molecular formula is C19H20FN3O4S. The van der Waals surface area contributed by atoms with Gasteiger partial charge in [-0.1, -0.05) is 24.3 Å². The number of sulfonamides is 1. The highest BCUT2D eigenvalue weighted by molar-refractivity contribution is 7.89. The topological polar surface area (TPSA) is 90.0 Å². The van der Waals surface area contributed by atoms with Crippen molar-refractivity contribution in [2.45, 2.75) is 4.90 Å². The largest absolute Gasteiger partial charge is 0.367 e. The minimum absolute atomic E-state index is 0.149. The number of carbonyl (C=O) groups excluding carboxylic acids is 1. The van der Waals surface area contributed by atoms with E-state index < -0.39 is 15.9 Å². The Morgan fingerprint density at radius 2 is 1.68 bits per heavy atom. The molecular weight excluding hydrogens is 385 g/mol. The Kier molecular flexibility index (Phi) is 6.08. The van der Waals surface area contributed by atoms with E-state index in [2.05, 4.69) is 0 Å². The van der Waals surface area contributed by atoms with E-state index in [-0.39, 0.29) is 23.8 Å². The molecule has 0 unspecified atom stereocenters. The molecule has 0 aromatic heterocycles. The molecule has 9 heteroatoms. The molecule has 0 aliphatic carbocycles. The molecule has 7 nitrogen and oxygen atoms in total. The van der Waals surface area contributed by atoms with Gasteiger partial charge < -0.3 is 4.90 Å². The Balaban J connectivity index is 1.68. The van der Waals surface area contributed by atoms with E-state index in [1.807, 2.05) is 4.90 Å². The molecule has 1 saturated heterocycles. The van der Waals surface area contributed by atoms with Crippen molar-refractivity contribution in [3.05, 3.63) is 66.0 Å². The number of halogens is 1. The molecule has 1 aliphatic rings. The van der Waals surface area contributed by atoms with Crippen LogP contribution in [0, 0.1) is 5.82 Å². The molecule has 148 valence electrons. The summed E-state index contributed by atoms with van der Waals surface area (Å²) in [5.74, 6) is -0.998. The van der Waals surface area contributed by atoms with Crippen molar-refractivity contribution in [1.82, 2.24) is 9.79 Å². The summed E-state index contributed by atoms with van der Waals surface area (Å²) in [7, 11) is -3.66. The first-order valence-electron chi connectivity index (χ1n) is 8.63. The van der Waals surface area contributed by atoms with E-state index in [9.17, 15) is 17.6 Å². The minimum atomic E-state index is -3.66. The normalized spacial score (nSPS) is 15.7. The second-order valence-corrected chi connectivity index (χ2v) is 8.16. The van der Waals surface area contributed by atoms with E-state index in [0.717, 1.165) is 6.08 Å². The number of nitrogens with one attached hydrogen (secondary N) is 1. The second kappa shape index (κ2) is 8.51. The Hall–Kier alpha value is -2.75. The predicted molar refractivity (Wildman–Crippen MR) is 103 cm³/mol. The lowest BCUT2D eigenvalue weighted by Gasteiger charge is -2.35. The number of carbonyl (C=O) groups is 1. The number of piperazine rings is 1. The van der Waals surface area contributed by atoms with Crippen molar-refractivity contribution in [2.24, 2.45) is 0 Å². The first kappa shape index (κ1) is 20.0. The highest BCUT2D eigenvalue weighted by atomic mass is 32.2. The molecule has 2 aromatic carbocycles. The van der Waals surface area contributed by atoms with Gasteiger partial charge in [0.2, 0.25) is 10.0 Å². The molecule has 1 fully saturated rings. The van der Waals surface area contributed by atoms with Crippen LogP contribution in [0.3, 0.4) is 0 Å². The third kappa shape index (κ3) is 4.38. The molecule has 0 saturated carbocycles. The highest BCUT2D eigenvalue weighted by Crippen LogP contribution is 2.23. The zero-order chi connectivity index (χ0) is 20.1. The van der Waals surface area contributed by atoms with Gasteiger partial charge in [0.15, 0.2) is 0 Å². The van der Waals surface area contributed by atoms with Crippen molar-refractivity contribution in [3.8, 4) is 0 Å². The summed E-state index contributed by atoms with van der Waals surface area (Å²) in [6, 6.07) is 12.5. The lowest BCUT2D eigenvalue weighted by molar-refractivity contribution is -0.124. The van der Waals surface area contributed by atoms with Crippen molar-refractivity contribution >= 4 is 27.7 Å². The molecule has 1 aliphatic heterocycles. The quantitative estimate of drug-likeness (QED) is 0.450. The molecule has 0 radical (unpaired) electrons. The van der Waals surface area contributed by atoms with Crippen molar-refractivity contribution in [2.75, 3.05) is 31.1 Å². The molecule has 0 bridgehead atoms. The lowest BCUT2D eigenvalue weighted by atomic mass is 10.2. The monoisotopic (exact) mass is 405 g/mol. The average molecular weight is 405 g/mol. The summed E-state index contributed by atoms with van der Waals surface area (Å²) in [5.41, 5.74) is 2.57. The Morgan fingerprint density at radius 1 is 1.04 bits per heavy atom. The number of hydrogen-bond acceptors (Lipinski definition) is 5. The number of hydroxylamine groups is 1. The number of amides is 1. The molecule has 0 atom stereocenters. The Labute approximate surface area is 162 Å². The molecule has 1 heterocycles. The zero-order valence-electron chi connectivity index (χ0n) is 15.0. The number of benzene rings is 2. The van der Waals surface area contributed by atoms with Crippen LogP contribution < -0.4 is 10.4 Å². The summed E-state index contributed by atoms with van der Waals surface area (Å²) in [5, 5.41) is 8.45. The van der Waals surface area contributed by atoms with Crippen LogP contribution in [0.25, 0.3) is 6.08 Å². The average Bonchev–Trinajstić information content (AvgIpc) is 2.72. The second-order valence-electron chi connectivity index (χ2n) is 6.22. The van der Waals surface area contributed by atoms with Crippen LogP contribution in [-0.4, -0.2) is 50.0 Å². The number of para-hydroxylation sites is 1. The summed E-state index contributed by atoms with van der Waals surface area (Å²) in [6.45, 7) is 1.32. The summed E-state index contributed by atoms with van der Waals surface area (Å²) >= 11 is 0. The molecule has 2 aromatic rings. The van der Waals surface area contributed by atoms with Crippen LogP contribution in [0.1, 0.15) is 5.56 Å². The van der Waals surface area contributed by atoms with Crippen molar-refractivity contribution in [3.63, 3.8) is 0 Å². The highest BCUT2D eigenvalue weighted by Gasteiger charge is 2.29. The summed E-state index contributed by atoms with van der Waals surface area (Å²) < 4.78 is 41.0. The zero-order valence-corrected chi connectivity index (χ0v) is 15.8. The van der Waals surface area contributed by atoms with Crippen LogP contribution in [-0.2, 0) is 14.8 Å². The van der Waals surface area contributed by atoms with Crippen LogP contribution in [0.15, 0.2) is 59.5 Å². The van der Waals surface area contributed by atoms with E-state index in [0.29, 0.717) is 24.3 Å². The first-order valence-corrected chi connectivity index (χ1v) is 10.1. The van der Waals surface area contributed by atoms with Gasteiger partial charge in [-0.3, -0.25) is 10.0 Å². The van der Waals surface area contributed by atoms with Gasteiger partial charge in [-0.15, -0.1) is 0 Å². The van der Waals surface area contributed by atoms with Crippen molar-refractivity contribution < 1.29 is 22.8 Å². The fraction of sp³-hybridized carbons (Fsp3) is 0.211. The number of rotatable bonds is 5. The van der Waals surface area contributed by atoms with E-state index in [1.165, 1.54) is 34.1 Å². The molecule has 1 amide bonds. The number of nitrogens with zero attached hydrogens (tertiary/aromatic N) is 2. The fourth-order valence-electron chi connectivity index (χ4n) is 2.99. The third-order valence-corrected chi connectivity index (χ3v) is 6.40. The van der Waals surface area contributed by atoms with Gasteiger partial charge in [0.1, 0.15) is 5.82 Å². The SMILES string of the molecule is O=C(C=Cc1ccc(S(=O)(=O)N2CCN(c3ccccc3F)CC2)cc1)NO. The van der Waals surface area contributed by atoms with Gasteiger partial charge in [-0.25, -0.2) is 18.3 Å². The maximum atomic E-state index is 13.9. The smallest absolute Gasteiger partial charge is 0.267 e. The van der Waals surface area contributed by atoms with Gasteiger partial charge in [-0.05, 0) is 35.9 Å². The standard InChI is InChI=1S/C19H20FN3O4S/c20-17-3-1-2-4-18(17)22-11-13-23(14-12-22)28(26,27)16-8-5-15(6-9-16)7-10-19(24)21-25/h1-10,25H,11-14H2,(H,21,24). The van der Waals surface area contributed by atoms with E-state index in [4.69, 9.17) is 5.21 Å². The molecule has 2 N–H and O–H groups in total. The summed E-state index contributed by atoms with van der Waals surface area (Å²) in [6.07, 6.45) is 2.58. The van der Waals surface area contributed by atoms with Crippen LogP contribution in [0.2, 0.25) is 0 Å². The fourth-order valence-corrected chi connectivity index (χ4v) is 4.41. The van der Waals surface area contributed by atoms with Gasteiger partial charge in [0.25, 0.3) is 5.91 Å². The van der Waals surface area contributed by atoms with Crippen LogP contribution >= 0.6 is 0 Å². The van der Waals surface area contributed by atoms with Gasteiger partial charge in [-0.2, -0.15) is 4.31 Å². The van der Waals surface area contributed by atoms with Gasteiger partial charge in [0.05, 0.1) is 10.6 Å². The number of hydrogen-bond donors (Lipinski definition) is 2. The van der Waals surface area contributed by atoms with Gasteiger partial charge in [0, 0.05) is 32.3 Å². The molecule has 0 spiro atoms. The minimum Gasteiger partial charge on any atom is -0.367 e.